The Balaban J connectivity index is 1.80. The van der Waals surface area contributed by atoms with Gasteiger partial charge in [-0.05, 0) is 20.3 Å². The summed E-state index contributed by atoms with van der Waals surface area (Å²) < 4.78 is 25.5. The number of aromatic nitrogens is 4. The number of imidazole rings is 1. The van der Waals surface area contributed by atoms with Gasteiger partial charge in [-0.25, -0.2) is 15.0 Å². The number of nitrogens with one attached hydrogen (secondary N) is 1. The van der Waals surface area contributed by atoms with E-state index in [1.165, 1.54) is 17.2 Å². The first kappa shape index (κ1) is 23.1. The second-order valence-electron chi connectivity index (χ2n) is 8.22. The normalized spacial score (nSPS) is 27.9. The van der Waals surface area contributed by atoms with Crippen molar-refractivity contribution in [2.45, 2.75) is 76.3 Å². The van der Waals surface area contributed by atoms with E-state index in [-0.39, 0.29) is 6.42 Å². The number of hydrogen-bond acceptors (Lipinski definition) is 9. The maximum Gasteiger partial charge on any atom is 0.331 e. The standard InChI is InChI=1S/C18H30N5O6P/c1-6-10(2)30(26,27)29-18(3,4)7-11-13(24)14(25)17(28-11)23-9-22-12-15(19-5)20-8-21-16(12)23/h8-11,13-14,17,24-25H,6-7H2,1-5H3,(H,26,27)(H,19,20,21)/t10?,11?,13-,14-,17-/m1/s1. The number of hydrogen-bond donors (Lipinski definition) is 4. The average molecular weight is 443 g/mol. The molecule has 3 unspecified atom stereocenters. The van der Waals surface area contributed by atoms with Gasteiger partial charge in [-0.2, -0.15) is 0 Å². The monoisotopic (exact) mass is 443 g/mol. The van der Waals surface area contributed by atoms with Crippen LogP contribution in [0.1, 0.15) is 46.8 Å². The Morgan fingerprint density at radius 2 is 2.03 bits per heavy atom. The largest absolute Gasteiger partial charge is 0.388 e. The van der Waals surface area contributed by atoms with Gasteiger partial charge in [0.05, 0.1) is 23.7 Å². The third-order valence-electron chi connectivity index (χ3n) is 5.43. The van der Waals surface area contributed by atoms with Gasteiger partial charge in [0.1, 0.15) is 24.1 Å². The molecular formula is C18H30N5O6P. The topological polar surface area (TPSA) is 152 Å². The number of anilines is 1. The summed E-state index contributed by atoms with van der Waals surface area (Å²) >= 11 is 0. The number of rotatable bonds is 8. The van der Waals surface area contributed by atoms with E-state index in [4.69, 9.17) is 9.26 Å². The molecule has 0 aliphatic carbocycles. The third kappa shape index (κ3) is 4.37. The lowest BCUT2D eigenvalue weighted by atomic mass is 9.97. The number of aliphatic hydroxyl groups excluding tert-OH is 2. The van der Waals surface area contributed by atoms with Crippen molar-refractivity contribution in [2.24, 2.45) is 0 Å². The zero-order valence-electron chi connectivity index (χ0n) is 17.8. The molecule has 1 saturated heterocycles. The molecule has 1 aliphatic rings. The average Bonchev–Trinajstić information content (AvgIpc) is 3.22. The van der Waals surface area contributed by atoms with Crippen LogP contribution in [0.3, 0.4) is 0 Å². The molecule has 0 radical (unpaired) electrons. The van der Waals surface area contributed by atoms with Crippen molar-refractivity contribution in [1.29, 1.82) is 0 Å². The van der Waals surface area contributed by atoms with E-state index in [9.17, 15) is 19.7 Å². The molecule has 3 rings (SSSR count). The van der Waals surface area contributed by atoms with Gasteiger partial charge >= 0.3 is 7.60 Å². The lowest BCUT2D eigenvalue weighted by Gasteiger charge is -2.32. The Labute approximate surface area is 175 Å². The van der Waals surface area contributed by atoms with E-state index in [0.29, 0.717) is 23.4 Å². The maximum atomic E-state index is 12.5. The molecule has 12 heteroatoms. The molecule has 0 amide bonds. The molecule has 1 fully saturated rings. The predicted octanol–water partition coefficient (Wildman–Crippen LogP) is 1.66. The lowest BCUT2D eigenvalue weighted by molar-refractivity contribution is -0.0605. The van der Waals surface area contributed by atoms with E-state index in [1.54, 1.807) is 27.8 Å². The van der Waals surface area contributed by atoms with Crippen LogP contribution in [0.2, 0.25) is 0 Å². The van der Waals surface area contributed by atoms with Crippen LogP contribution in [0.15, 0.2) is 12.7 Å². The molecule has 30 heavy (non-hydrogen) atoms. The van der Waals surface area contributed by atoms with Crippen molar-refractivity contribution < 1.29 is 28.9 Å². The molecule has 2 aromatic heterocycles. The fourth-order valence-corrected chi connectivity index (χ4v) is 4.97. The van der Waals surface area contributed by atoms with Gasteiger partial charge in [-0.3, -0.25) is 9.13 Å². The van der Waals surface area contributed by atoms with Crippen molar-refractivity contribution in [2.75, 3.05) is 12.4 Å². The van der Waals surface area contributed by atoms with Crippen LogP contribution < -0.4 is 5.32 Å². The maximum absolute atomic E-state index is 12.5. The number of ether oxygens (including phenoxy) is 1. The van der Waals surface area contributed by atoms with E-state index in [1.807, 2.05) is 6.92 Å². The lowest BCUT2D eigenvalue weighted by Crippen LogP contribution is -2.37. The Kier molecular flexibility index (Phi) is 6.52. The minimum atomic E-state index is -3.84. The highest BCUT2D eigenvalue weighted by atomic mass is 31.2. The molecular weight excluding hydrogens is 413 g/mol. The SMILES string of the molecule is CCC(C)P(=O)(O)OC(C)(C)CC1O[C@@H](n2cnc3c(NC)ncnc32)[C@H](O)[C@@H]1O. The summed E-state index contributed by atoms with van der Waals surface area (Å²) in [5.41, 5.74) is -0.625. The number of fused-ring (bicyclic) bond motifs is 1. The van der Waals surface area contributed by atoms with Crippen molar-refractivity contribution in [3.63, 3.8) is 0 Å². The summed E-state index contributed by atoms with van der Waals surface area (Å²) in [7, 11) is -2.13. The van der Waals surface area contributed by atoms with Crippen LogP contribution in [0.5, 0.6) is 0 Å². The van der Waals surface area contributed by atoms with Gasteiger partial charge in [0, 0.05) is 13.5 Å². The summed E-state index contributed by atoms with van der Waals surface area (Å²) in [6.45, 7) is 6.79. The first-order chi connectivity index (χ1) is 14.0. The third-order valence-corrected chi connectivity index (χ3v) is 7.66. The second kappa shape index (κ2) is 8.49. The predicted molar refractivity (Wildman–Crippen MR) is 110 cm³/mol. The van der Waals surface area contributed by atoms with Crippen LogP contribution in [-0.2, 0) is 13.8 Å². The second-order valence-corrected chi connectivity index (χ2v) is 10.4. The summed E-state index contributed by atoms with van der Waals surface area (Å²) in [4.78, 5) is 22.8. The van der Waals surface area contributed by atoms with Gasteiger partial charge in [0.15, 0.2) is 17.7 Å². The molecule has 1 aliphatic heterocycles. The molecule has 0 aromatic carbocycles. The summed E-state index contributed by atoms with van der Waals surface area (Å²) in [5, 5.41) is 24.1. The molecule has 0 spiro atoms. The molecule has 6 atom stereocenters. The Morgan fingerprint density at radius 1 is 1.33 bits per heavy atom. The Morgan fingerprint density at radius 3 is 2.67 bits per heavy atom. The minimum Gasteiger partial charge on any atom is -0.388 e. The van der Waals surface area contributed by atoms with Crippen LogP contribution >= 0.6 is 7.60 Å². The number of nitrogens with zero attached hydrogens (tertiary/aromatic N) is 4. The van der Waals surface area contributed by atoms with Crippen molar-refractivity contribution in [1.82, 2.24) is 19.5 Å². The molecule has 2 aromatic rings. The first-order valence-electron chi connectivity index (χ1n) is 9.91. The fraction of sp³-hybridized carbons (Fsp3) is 0.722. The van der Waals surface area contributed by atoms with E-state index in [0.717, 1.165) is 0 Å². The van der Waals surface area contributed by atoms with Crippen LogP contribution in [0.4, 0.5) is 5.82 Å². The minimum absolute atomic E-state index is 0.103. The molecule has 4 N–H and O–H groups in total. The molecule has 0 saturated carbocycles. The van der Waals surface area contributed by atoms with Crippen LogP contribution in [-0.4, -0.2) is 71.2 Å². The van der Waals surface area contributed by atoms with E-state index in [2.05, 4.69) is 20.3 Å². The van der Waals surface area contributed by atoms with Gasteiger partial charge in [-0.15, -0.1) is 0 Å². The first-order valence-corrected chi connectivity index (χ1v) is 11.6. The van der Waals surface area contributed by atoms with Gasteiger partial charge in [-0.1, -0.05) is 13.8 Å². The highest BCUT2D eigenvalue weighted by molar-refractivity contribution is 7.53. The van der Waals surface area contributed by atoms with Crippen molar-refractivity contribution in [3.05, 3.63) is 12.7 Å². The number of aliphatic hydroxyl groups is 2. The Hall–Kier alpha value is -1.62. The highest BCUT2D eigenvalue weighted by Gasteiger charge is 2.47. The van der Waals surface area contributed by atoms with E-state index < -0.39 is 43.4 Å². The van der Waals surface area contributed by atoms with Crippen LogP contribution in [0.25, 0.3) is 11.2 Å². The van der Waals surface area contributed by atoms with Crippen molar-refractivity contribution >= 4 is 24.6 Å². The van der Waals surface area contributed by atoms with Crippen LogP contribution in [0, 0.1) is 0 Å². The summed E-state index contributed by atoms with van der Waals surface area (Å²) in [6, 6.07) is 0. The van der Waals surface area contributed by atoms with Gasteiger partial charge in [0.25, 0.3) is 0 Å². The quantitative estimate of drug-likeness (QED) is 0.443. The Bertz CT molecular complexity index is 937. The summed E-state index contributed by atoms with van der Waals surface area (Å²) in [6.07, 6.45) is -0.777. The van der Waals surface area contributed by atoms with Crippen molar-refractivity contribution in [3.8, 4) is 0 Å². The molecule has 0 bridgehead atoms. The van der Waals surface area contributed by atoms with Gasteiger partial charge in [0.2, 0.25) is 0 Å². The van der Waals surface area contributed by atoms with E-state index >= 15 is 0 Å². The smallest absolute Gasteiger partial charge is 0.331 e. The zero-order valence-corrected chi connectivity index (χ0v) is 18.7. The highest BCUT2D eigenvalue weighted by Crippen LogP contribution is 2.53. The molecule has 3 heterocycles. The molecule has 168 valence electrons. The zero-order chi connectivity index (χ0) is 22.3. The molecule has 11 nitrogen and oxygen atoms in total. The van der Waals surface area contributed by atoms with Gasteiger partial charge < -0.3 is 29.7 Å². The fourth-order valence-electron chi connectivity index (χ4n) is 3.55. The summed E-state index contributed by atoms with van der Waals surface area (Å²) in [5.74, 6) is 0.529.